The molecule has 1 aromatic carbocycles. The summed E-state index contributed by atoms with van der Waals surface area (Å²) in [5.41, 5.74) is 0.968. The smallest absolute Gasteiger partial charge is 0.220 e. The van der Waals surface area contributed by atoms with Crippen molar-refractivity contribution in [3.8, 4) is 11.8 Å². The molecule has 0 aromatic heterocycles. The molecule has 4 nitrogen and oxygen atoms in total. The third-order valence-corrected chi connectivity index (χ3v) is 2.82. The van der Waals surface area contributed by atoms with Crippen LogP contribution < -0.4 is 5.32 Å². The molecule has 0 heterocycles. The largest absolute Gasteiger partial charge is 0.384 e. The molecule has 1 amide bonds. The van der Waals surface area contributed by atoms with Gasteiger partial charge in [-0.1, -0.05) is 18.8 Å². The van der Waals surface area contributed by atoms with Gasteiger partial charge in [0.1, 0.15) is 12.4 Å². The minimum absolute atomic E-state index is 0.110. The Hall–Kier alpha value is -1.90. The van der Waals surface area contributed by atoms with Gasteiger partial charge in [-0.2, -0.15) is 0 Å². The van der Waals surface area contributed by atoms with E-state index in [1.54, 1.807) is 13.2 Å². The van der Waals surface area contributed by atoms with E-state index in [9.17, 15) is 9.18 Å². The second-order valence-corrected chi connectivity index (χ2v) is 4.81. The van der Waals surface area contributed by atoms with E-state index in [0.717, 1.165) is 0 Å². The van der Waals surface area contributed by atoms with Crippen LogP contribution in [0.5, 0.6) is 0 Å². The van der Waals surface area contributed by atoms with Gasteiger partial charge in [0.2, 0.25) is 5.91 Å². The number of aliphatic hydroxyl groups excluding tert-OH is 1. The molecule has 21 heavy (non-hydrogen) atoms. The lowest BCUT2D eigenvalue weighted by Gasteiger charge is -2.11. The van der Waals surface area contributed by atoms with Crippen LogP contribution in [-0.2, 0) is 16.1 Å². The van der Waals surface area contributed by atoms with E-state index in [2.05, 4.69) is 17.2 Å². The fourth-order valence-corrected chi connectivity index (χ4v) is 1.86. The number of halogens is 1. The van der Waals surface area contributed by atoms with Crippen molar-refractivity contribution in [2.75, 3.05) is 20.3 Å². The van der Waals surface area contributed by atoms with Crippen molar-refractivity contribution < 1.29 is 19.0 Å². The van der Waals surface area contributed by atoms with E-state index < -0.39 is 5.82 Å². The van der Waals surface area contributed by atoms with Crippen LogP contribution in [0.2, 0.25) is 0 Å². The number of rotatable bonds is 6. The summed E-state index contributed by atoms with van der Waals surface area (Å²) in [7, 11) is 1.59. The van der Waals surface area contributed by atoms with Crippen molar-refractivity contribution in [1.29, 1.82) is 0 Å². The Bertz CT molecular complexity index is 534. The number of amides is 1. The second-order valence-electron chi connectivity index (χ2n) is 4.81. The Balaban J connectivity index is 2.60. The van der Waals surface area contributed by atoms with Gasteiger partial charge < -0.3 is 15.2 Å². The highest BCUT2D eigenvalue weighted by atomic mass is 19.1. The van der Waals surface area contributed by atoms with Crippen molar-refractivity contribution in [2.24, 2.45) is 5.92 Å². The number of ether oxygens (including phenoxy) is 1. The average Bonchev–Trinajstić information content (AvgIpc) is 2.45. The van der Waals surface area contributed by atoms with Crippen LogP contribution in [0.4, 0.5) is 4.39 Å². The molecule has 1 unspecified atom stereocenters. The first-order valence-corrected chi connectivity index (χ1v) is 6.70. The number of carbonyl (C=O) groups excluding carboxylic acids is 1. The van der Waals surface area contributed by atoms with E-state index in [1.165, 1.54) is 12.1 Å². The van der Waals surface area contributed by atoms with E-state index in [-0.39, 0.29) is 25.0 Å². The summed E-state index contributed by atoms with van der Waals surface area (Å²) < 4.78 is 18.6. The Morgan fingerprint density at radius 1 is 1.52 bits per heavy atom. The molecule has 0 radical (unpaired) electrons. The second kappa shape index (κ2) is 9.11. The molecule has 0 aliphatic rings. The van der Waals surface area contributed by atoms with Crippen molar-refractivity contribution in [3.63, 3.8) is 0 Å². The van der Waals surface area contributed by atoms with Crippen molar-refractivity contribution >= 4 is 5.91 Å². The number of hydrogen-bond acceptors (Lipinski definition) is 3. The van der Waals surface area contributed by atoms with Crippen LogP contribution in [0.1, 0.15) is 24.5 Å². The summed E-state index contributed by atoms with van der Waals surface area (Å²) in [5.74, 6) is 4.77. The molecule has 5 heteroatoms. The quantitative estimate of drug-likeness (QED) is 0.781. The number of nitrogens with one attached hydrogen (secondary N) is 1. The highest BCUT2D eigenvalue weighted by Crippen LogP contribution is 2.10. The van der Waals surface area contributed by atoms with E-state index >= 15 is 0 Å². The number of carbonyl (C=O) groups is 1. The molecule has 0 aliphatic carbocycles. The Morgan fingerprint density at radius 2 is 2.29 bits per heavy atom. The fraction of sp³-hybridized carbons (Fsp3) is 0.438. The lowest BCUT2D eigenvalue weighted by molar-refractivity contribution is -0.122. The molecule has 1 aromatic rings. The first kappa shape index (κ1) is 17.2. The van der Waals surface area contributed by atoms with Gasteiger partial charge in [-0.05, 0) is 24.1 Å². The summed E-state index contributed by atoms with van der Waals surface area (Å²) in [4.78, 5) is 11.7. The minimum atomic E-state index is -0.394. The van der Waals surface area contributed by atoms with Gasteiger partial charge in [-0.15, -0.1) is 0 Å². The highest BCUT2D eigenvalue weighted by molar-refractivity contribution is 5.76. The number of aliphatic hydroxyl groups is 1. The van der Waals surface area contributed by atoms with Crippen LogP contribution in [0, 0.1) is 23.6 Å². The van der Waals surface area contributed by atoms with Crippen molar-refractivity contribution in [3.05, 3.63) is 35.1 Å². The summed E-state index contributed by atoms with van der Waals surface area (Å²) in [5, 5.41) is 11.3. The maximum atomic E-state index is 13.7. The van der Waals surface area contributed by atoms with E-state index in [1.807, 2.05) is 6.92 Å². The van der Waals surface area contributed by atoms with Gasteiger partial charge in [-0.25, -0.2) is 4.39 Å². The molecular formula is C16H20FNO3. The van der Waals surface area contributed by atoms with Gasteiger partial charge in [0.15, 0.2) is 0 Å². The van der Waals surface area contributed by atoms with Gasteiger partial charge in [0.05, 0.1) is 0 Å². The predicted molar refractivity (Wildman–Crippen MR) is 77.9 cm³/mol. The SMILES string of the molecule is COCC(C)CC(=O)NCc1cc(C#CCO)ccc1F. The Labute approximate surface area is 124 Å². The monoisotopic (exact) mass is 293 g/mol. The van der Waals surface area contributed by atoms with Gasteiger partial charge in [0.25, 0.3) is 0 Å². The Kier molecular flexibility index (Phi) is 7.44. The molecule has 1 rings (SSSR count). The van der Waals surface area contributed by atoms with Crippen LogP contribution in [0.3, 0.4) is 0 Å². The first-order valence-electron chi connectivity index (χ1n) is 6.70. The number of methoxy groups -OCH3 is 1. The molecule has 114 valence electrons. The number of benzene rings is 1. The average molecular weight is 293 g/mol. The molecular weight excluding hydrogens is 273 g/mol. The molecule has 0 bridgehead atoms. The van der Waals surface area contributed by atoms with Crippen molar-refractivity contribution in [2.45, 2.75) is 19.9 Å². The summed E-state index contributed by atoms with van der Waals surface area (Å²) in [6, 6.07) is 4.40. The van der Waals surface area contributed by atoms with E-state index in [0.29, 0.717) is 24.2 Å². The van der Waals surface area contributed by atoms with Crippen LogP contribution >= 0.6 is 0 Å². The van der Waals surface area contributed by atoms with Gasteiger partial charge in [-0.3, -0.25) is 4.79 Å². The summed E-state index contributed by atoms with van der Waals surface area (Å²) >= 11 is 0. The molecule has 2 N–H and O–H groups in total. The van der Waals surface area contributed by atoms with Gasteiger partial charge >= 0.3 is 0 Å². The zero-order valence-corrected chi connectivity index (χ0v) is 12.3. The lowest BCUT2D eigenvalue weighted by atomic mass is 10.1. The standard InChI is InChI=1S/C16H20FNO3/c1-12(11-21-2)8-16(20)18-10-14-9-13(4-3-7-19)5-6-15(14)17/h5-6,9,12,19H,7-8,10-11H2,1-2H3,(H,18,20). The van der Waals surface area contributed by atoms with E-state index in [4.69, 9.17) is 9.84 Å². The van der Waals surface area contributed by atoms with Crippen LogP contribution in [0.15, 0.2) is 18.2 Å². The summed E-state index contributed by atoms with van der Waals surface area (Å²) in [6.07, 6.45) is 0.333. The molecule has 0 saturated carbocycles. The third-order valence-electron chi connectivity index (χ3n) is 2.82. The zero-order chi connectivity index (χ0) is 15.7. The lowest BCUT2D eigenvalue weighted by Crippen LogP contribution is -2.26. The minimum Gasteiger partial charge on any atom is -0.384 e. The molecule has 0 saturated heterocycles. The van der Waals surface area contributed by atoms with Crippen LogP contribution in [0.25, 0.3) is 0 Å². The fourth-order valence-electron chi connectivity index (χ4n) is 1.86. The summed E-state index contributed by atoms with van der Waals surface area (Å²) in [6.45, 7) is 2.28. The molecule has 0 aliphatic heterocycles. The topological polar surface area (TPSA) is 58.6 Å². The predicted octanol–water partition coefficient (Wildman–Crippen LogP) is 1.46. The molecule has 1 atom stereocenters. The highest BCUT2D eigenvalue weighted by Gasteiger charge is 2.10. The van der Waals surface area contributed by atoms with Crippen molar-refractivity contribution in [1.82, 2.24) is 5.32 Å². The maximum absolute atomic E-state index is 13.7. The van der Waals surface area contributed by atoms with Crippen LogP contribution in [-0.4, -0.2) is 31.3 Å². The molecule has 0 fully saturated rings. The normalized spacial score (nSPS) is 11.4. The third kappa shape index (κ3) is 6.39. The molecule has 0 spiro atoms. The zero-order valence-electron chi connectivity index (χ0n) is 12.3. The maximum Gasteiger partial charge on any atom is 0.220 e. The van der Waals surface area contributed by atoms with Gasteiger partial charge in [0, 0.05) is 37.8 Å². The Morgan fingerprint density at radius 3 is 2.95 bits per heavy atom. The first-order chi connectivity index (χ1) is 10.1. The number of hydrogen-bond donors (Lipinski definition) is 2.